The number of nitrogens with zero attached hydrogens (tertiary/aromatic N) is 6. The first-order valence-electron chi connectivity index (χ1n) is 8.29. The van der Waals surface area contributed by atoms with Gasteiger partial charge in [0.05, 0.1) is 16.8 Å². The van der Waals surface area contributed by atoms with Gasteiger partial charge in [0.1, 0.15) is 18.0 Å². The van der Waals surface area contributed by atoms with Gasteiger partial charge in [-0.25, -0.2) is 0 Å². The molecule has 4 rings (SSSR count). The lowest BCUT2D eigenvalue weighted by Crippen LogP contribution is -2.36. The number of pyridine rings is 1. The van der Waals surface area contributed by atoms with Crippen molar-refractivity contribution < 1.29 is 0 Å². The Hall–Kier alpha value is -3.38. The Kier molecular flexibility index (Phi) is 3.80. The summed E-state index contributed by atoms with van der Waals surface area (Å²) in [6.07, 6.45) is 3.98. The molecular weight excluding hydrogens is 312 g/mol. The van der Waals surface area contributed by atoms with E-state index in [2.05, 4.69) is 27.2 Å². The molecule has 3 aromatic rings. The van der Waals surface area contributed by atoms with Crippen LogP contribution in [0.2, 0.25) is 0 Å². The number of hydrogen-bond donors (Lipinski definition) is 0. The number of anilines is 1. The van der Waals surface area contributed by atoms with Crippen molar-refractivity contribution >= 4 is 11.3 Å². The molecule has 1 unspecified atom stereocenters. The molecule has 0 N–H and O–H groups in total. The molecule has 0 radical (unpaired) electrons. The Morgan fingerprint density at radius 2 is 1.80 bits per heavy atom. The van der Waals surface area contributed by atoms with E-state index >= 15 is 0 Å². The van der Waals surface area contributed by atoms with Crippen molar-refractivity contribution in [2.24, 2.45) is 0 Å². The van der Waals surface area contributed by atoms with Crippen molar-refractivity contribution in [1.82, 2.24) is 14.6 Å². The summed E-state index contributed by atoms with van der Waals surface area (Å²) in [6.45, 7) is 1.56. The Morgan fingerprint density at radius 1 is 1.00 bits per heavy atom. The largest absolute Gasteiger partial charge is 0.369 e. The molecule has 1 atom stereocenters. The summed E-state index contributed by atoms with van der Waals surface area (Å²) in [5.74, 6) is 1.15. The van der Waals surface area contributed by atoms with Crippen LogP contribution in [0.4, 0.5) is 5.69 Å². The minimum atomic E-state index is 0.212. The van der Waals surface area contributed by atoms with Gasteiger partial charge in [-0.3, -0.25) is 4.40 Å². The first-order valence-corrected chi connectivity index (χ1v) is 8.29. The van der Waals surface area contributed by atoms with Crippen LogP contribution < -0.4 is 4.90 Å². The van der Waals surface area contributed by atoms with Crippen LogP contribution in [-0.2, 0) is 0 Å². The number of aromatic nitrogens is 3. The second kappa shape index (κ2) is 6.26. The van der Waals surface area contributed by atoms with Crippen LogP contribution in [0, 0.1) is 22.7 Å². The monoisotopic (exact) mass is 328 g/mol. The average molecular weight is 328 g/mol. The highest BCUT2D eigenvalue weighted by Crippen LogP contribution is 2.33. The minimum Gasteiger partial charge on any atom is -0.369 e. The lowest BCUT2D eigenvalue weighted by molar-refractivity contribution is 0.488. The van der Waals surface area contributed by atoms with E-state index in [0.717, 1.165) is 43.1 Å². The Morgan fingerprint density at radius 3 is 2.56 bits per heavy atom. The fraction of sp³-hybridized carbons (Fsp3) is 0.263. The molecule has 6 nitrogen and oxygen atoms in total. The minimum absolute atomic E-state index is 0.212. The molecule has 2 aromatic heterocycles. The smallest absolute Gasteiger partial charge is 0.160 e. The van der Waals surface area contributed by atoms with E-state index in [1.165, 1.54) is 0 Å². The van der Waals surface area contributed by atoms with Gasteiger partial charge in [0.15, 0.2) is 5.65 Å². The van der Waals surface area contributed by atoms with Crippen molar-refractivity contribution in [2.75, 3.05) is 18.0 Å². The second-order valence-electron chi connectivity index (χ2n) is 6.20. The summed E-state index contributed by atoms with van der Waals surface area (Å²) in [7, 11) is 0. The summed E-state index contributed by atoms with van der Waals surface area (Å²) < 4.78 is 2.02. The molecule has 1 aliphatic rings. The van der Waals surface area contributed by atoms with E-state index in [0.29, 0.717) is 11.1 Å². The van der Waals surface area contributed by atoms with Crippen LogP contribution in [0.15, 0.2) is 42.6 Å². The van der Waals surface area contributed by atoms with Crippen LogP contribution >= 0.6 is 0 Å². The van der Waals surface area contributed by atoms with Gasteiger partial charge >= 0.3 is 0 Å². The van der Waals surface area contributed by atoms with E-state index in [1.54, 1.807) is 18.2 Å². The fourth-order valence-corrected chi connectivity index (χ4v) is 3.59. The molecule has 1 aliphatic heterocycles. The van der Waals surface area contributed by atoms with Crippen LogP contribution in [0.1, 0.15) is 35.7 Å². The van der Waals surface area contributed by atoms with E-state index in [1.807, 2.05) is 28.8 Å². The first kappa shape index (κ1) is 15.2. The molecule has 0 spiro atoms. The van der Waals surface area contributed by atoms with Crippen molar-refractivity contribution in [3.63, 3.8) is 0 Å². The number of benzene rings is 1. The van der Waals surface area contributed by atoms with Gasteiger partial charge in [-0.2, -0.15) is 10.5 Å². The normalized spacial score (nSPS) is 17.2. The van der Waals surface area contributed by atoms with Gasteiger partial charge in [0.25, 0.3) is 0 Å². The quantitative estimate of drug-likeness (QED) is 0.722. The topological polar surface area (TPSA) is 81.0 Å². The zero-order valence-electron chi connectivity index (χ0n) is 13.6. The lowest BCUT2D eigenvalue weighted by Gasteiger charge is -2.34. The van der Waals surface area contributed by atoms with Gasteiger partial charge in [0.2, 0.25) is 0 Å². The number of para-hydroxylation sites is 1. The summed E-state index contributed by atoms with van der Waals surface area (Å²) >= 11 is 0. The number of nitriles is 2. The van der Waals surface area contributed by atoms with Crippen LogP contribution in [0.25, 0.3) is 5.65 Å². The Labute approximate surface area is 145 Å². The molecule has 1 saturated heterocycles. The number of fused-ring (bicyclic) bond motifs is 1. The number of piperidine rings is 1. The highest BCUT2D eigenvalue weighted by molar-refractivity contribution is 5.68. The molecule has 25 heavy (non-hydrogen) atoms. The van der Waals surface area contributed by atoms with Crippen molar-refractivity contribution in [2.45, 2.75) is 18.8 Å². The van der Waals surface area contributed by atoms with Crippen molar-refractivity contribution in [3.8, 4) is 12.1 Å². The summed E-state index contributed by atoms with van der Waals surface area (Å²) in [5, 5.41) is 27.5. The van der Waals surface area contributed by atoms with E-state index < -0.39 is 0 Å². The third-order valence-corrected chi connectivity index (χ3v) is 4.72. The van der Waals surface area contributed by atoms with Crippen LogP contribution in [0.5, 0.6) is 0 Å². The second-order valence-corrected chi connectivity index (χ2v) is 6.20. The summed E-state index contributed by atoms with van der Waals surface area (Å²) in [4.78, 5) is 2.15. The van der Waals surface area contributed by atoms with Gasteiger partial charge in [-0.1, -0.05) is 12.1 Å². The van der Waals surface area contributed by atoms with Gasteiger partial charge in [-0.05, 0) is 37.1 Å². The molecule has 122 valence electrons. The third kappa shape index (κ3) is 2.58. The number of rotatable bonds is 2. The summed E-state index contributed by atoms with van der Waals surface area (Å²) in [5.41, 5.74) is 2.67. The Balaban J connectivity index is 1.71. The molecule has 0 bridgehead atoms. The van der Waals surface area contributed by atoms with E-state index in [4.69, 9.17) is 0 Å². The highest BCUT2D eigenvalue weighted by atomic mass is 15.3. The standard InChI is InChI=1S/C19H16N6/c20-11-14-5-3-6-15(12-21)18(14)24-9-4-7-16(13-24)19-23-22-17-8-1-2-10-25(17)19/h1-3,5-6,8,10,16H,4,7,9,13H2. The van der Waals surface area contributed by atoms with Gasteiger partial charge in [0, 0.05) is 25.2 Å². The summed E-state index contributed by atoms with van der Waals surface area (Å²) in [6, 6.07) is 15.6. The molecule has 1 aromatic carbocycles. The molecule has 3 heterocycles. The molecule has 0 aliphatic carbocycles. The zero-order valence-corrected chi connectivity index (χ0v) is 13.6. The van der Waals surface area contributed by atoms with E-state index in [9.17, 15) is 10.5 Å². The van der Waals surface area contributed by atoms with Crippen molar-refractivity contribution in [1.29, 1.82) is 10.5 Å². The van der Waals surface area contributed by atoms with E-state index in [-0.39, 0.29) is 5.92 Å². The van der Waals surface area contributed by atoms with Crippen LogP contribution in [-0.4, -0.2) is 27.7 Å². The Bertz CT molecular complexity index is 974. The number of hydrogen-bond acceptors (Lipinski definition) is 5. The lowest BCUT2D eigenvalue weighted by atomic mass is 9.95. The van der Waals surface area contributed by atoms with Crippen LogP contribution in [0.3, 0.4) is 0 Å². The maximum atomic E-state index is 9.45. The first-order chi connectivity index (χ1) is 12.3. The van der Waals surface area contributed by atoms with Crippen molar-refractivity contribution in [3.05, 3.63) is 59.5 Å². The molecule has 0 saturated carbocycles. The predicted molar refractivity (Wildman–Crippen MR) is 93.0 cm³/mol. The molecular formula is C19H16N6. The molecule has 0 amide bonds. The predicted octanol–water partition coefficient (Wildman–Crippen LogP) is 2.86. The maximum absolute atomic E-state index is 9.45. The average Bonchev–Trinajstić information content (AvgIpc) is 3.11. The van der Waals surface area contributed by atoms with Gasteiger partial charge in [-0.15, -0.1) is 10.2 Å². The highest BCUT2D eigenvalue weighted by Gasteiger charge is 2.27. The molecule has 1 fully saturated rings. The maximum Gasteiger partial charge on any atom is 0.160 e. The molecule has 6 heteroatoms. The fourth-order valence-electron chi connectivity index (χ4n) is 3.59. The SMILES string of the molecule is N#Cc1cccc(C#N)c1N1CCCC(c2nnc3ccccn23)C1. The zero-order chi connectivity index (χ0) is 17.2. The third-order valence-electron chi connectivity index (χ3n) is 4.72. The van der Waals surface area contributed by atoms with Gasteiger partial charge < -0.3 is 4.90 Å².